The smallest absolute Gasteiger partial charge is 0.168 e. The van der Waals surface area contributed by atoms with Crippen molar-refractivity contribution in [3.63, 3.8) is 0 Å². The van der Waals surface area contributed by atoms with E-state index in [0.29, 0.717) is 22.5 Å². The Labute approximate surface area is 99.1 Å². The Hall–Kier alpha value is -2.28. The van der Waals surface area contributed by atoms with Crippen LogP contribution in [-0.4, -0.2) is 10.3 Å². The van der Waals surface area contributed by atoms with E-state index < -0.39 is 0 Å². The van der Waals surface area contributed by atoms with Crippen LogP contribution in [0.4, 0.5) is 0 Å². The third kappa shape index (κ3) is 2.00. The molecule has 1 aromatic heterocycles. The quantitative estimate of drug-likeness (QED) is 0.857. The molecule has 86 valence electrons. The first-order valence-corrected chi connectivity index (χ1v) is 5.35. The summed E-state index contributed by atoms with van der Waals surface area (Å²) < 4.78 is 5.17. The molecular weight excluding hydrogens is 216 g/mol. The second-order valence-electron chi connectivity index (χ2n) is 3.83. The van der Waals surface area contributed by atoms with Gasteiger partial charge in [-0.1, -0.05) is 12.1 Å². The number of hydrogen-bond donors (Lipinski definition) is 1. The Bertz CT molecular complexity index is 594. The number of benzene rings is 1. The van der Waals surface area contributed by atoms with Crippen molar-refractivity contribution in [1.82, 2.24) is 5.16 Å². The van der Waals surface area contributed by atoms with Crippen LogP contribution in [0.1, 0.15) is 23.7 Å². The minimum atomic E-state index is 0.147. The van der Waals surface area contributed by atoms with Gasteiger partial charge in [0.05, 0.1) is 17.3 Å². The van der Waals surface area contributed by atoms with Gasteiger partial charge >= 0.3 is 0 Å². The molecule has 0 bridgehead atoms. The van der Waals surface area contributed by atoms with Crippen LogP contribution in [0.3, 0.4) is 0 Å². The molecule has 0 radical (unpaired) electrons. The van der Waals surface area contributed by atoms with E-state index in [1.165, 1.54) is 6.07 Å². The van der Waals surface area contributed by atoms with Gasteiger partial charge in [-0.05, 0) is 31.0 Å². The van der Waals surface area contributed by atoms with Crippen molar-refractivity contribution in [2.24, 2.45) is 0 Å². The molecule has 1 N–H and O–H groups in total. The summed E-state index contributed by atoms with van der Waals surface area (Å²) in [5.41, 5.74) is 2.53. The van der Waals surface area contributed by atoms with E-state index >= 15 is 0 Å². The first-order chi connectivity index (χ1) is 8.15. The van der Waals surface area contributed by atoms with E-state index in [4.69, 9.17) is 9.78 Å². The number of aromatic nitrogens is 1. The van der Waals surface area contributed by atoms with E-state index in [1.807, 2.05) is 6.92 Å². The number of nitriles is 1. The van der Waals surface area contributed by atoms with E-state index in [0.717, 1.165) is 12.1 Å². The van der Waals surface area contributed by atoms with Gasteiger partial charge in [-0.25, -0.2) is 0 Å². The molecule has 1 aromatic carbocycles. The number of aryl methyl sites for hydroxylation is 2. The van der Waals surface area contributed by atoms with Crippen molar-refractivity contribution in [3.05, 3.63) is 35.0 Å². The van der Waals surface area contributed by atoms with Crippen molar-refractivity contribution in [1.29, 1.82) is 5.26 Å². The Balaban J connectivity index is 2.58. The molecule has 0 atom stereocenters. The number of nitrogens with zero attached hydrogens (tertiary/aromatic N) is 2. The van der Waals surface area contributed by atoms with Crippen LogP contribution in [0, 0.1) is 18.3 Å². The predicted octanol–water partition coefficient (Wildman–Crippen LogP) is 2.79. The maximum absolute atomic E-state index is 9.67. The number of aromatic hydroxyl groups is 1. The Morgan fingerprint density at radius 2 is 2.18 bits per heavy atom. The lowest BCUT2D eigenvalue weighted by molar-refractivity contribution is 0.423. The average molecular weight is 228 g/mol. The molecule has 4 nitrogen and oxygen atoms in total. The molecule has 0 spiro atoms. The molecule has 1 heterocycles. The van der Waals surface area contributed by atoms with E-state index in [-0.39, 0.29) is 5.75 Å². The normalized spacial score (nSPS) is 10.2. The van der Waals surface area contributed by atoms with Gasteiger partial charge in [0.25, 0.3) is 0 Å². The molecule has 0 unspecified atom stereocenters. The van der Waals surface area contributed by atoms with Crippen LogP contribution in [-0.2, 0) is 6.42 Å². The number of phenolic OH excluding ortho intramolecular Hbond substituents is 1. The van der Waals surface area contributed by atoms with Crippen molar-refractivity contribution in [3.8, 4) is 23.1 Å². The van der Waals surface area contributed by atoms with Crippen LogP contribution < -0.4 is 0 Å². The van der Waals surface area contributed by atoms with Crippen LogP contribution in [0.5, 0.6) is 5.75 Å². The molecule has 0 aliphatic carbocycles. The highest BCUT2D eigenvalue weighted by Crippen LogP contribution is 2.30. The second kappa shape index (κ2) is 4.30. The van der Waals surface area contributed by atoms with Gasteiger partial charge in [0.1, 0.15) is 5.75 Å². The van der Waals surface area contributed by atoms with Gasteiger partial charge in [0.15, 0.2) is 5.76 Å². The van der Waals surface area contributed by atoms with Gasteiger partial charge in [-0.2, -0.15) is 5.26 Å². The molecular formula is C13H12N2O2. The van der Waals surface area contributed by atoms with E-state index in [1.54, 1.807) is 19.1 Å². The van der Waals surface area contributed by atoms with Crippen LogP contribution in [0.25, 0.3) is 11.3 Å². The Kier molecular flexibility index (Phi) is 2.84. The third-order valence-corrected chi connectivity index (χ3v) is 2.64. The minimum absolute atomic E-state index is 0.147. The summed E-state index contributed by atoms with van der Waals surface area (Å²) in [4.78, 5) is 0. The number of rotatable bonds is 2. The molecule has 4 heteroatoms. The molecule has 17 heavy (non-hydrogen) atoms. The van der Waals surface area contributed by atoms with E-state index in [9.17, 15) is 5.11 Å². The zero-order chi connectivity index (χ0) is 12.4. The first-order valence-electron chi connectivity index (χ1n) is 5.35. The van der Waals surface area contributed by atoms with Crippen molar-refractivity contribution >= 4 is 0 Å². The number of phenols is 1. The largest absolute Gasteiger partial charge is 0.508 e. The highest BCUT2D eigenvalue weighted by molar-refractivity contribution is 5.69. The van der Waals surface area contributed by atoms with Gasteiger partial charge in [0.2, 0.25) is 0 Å². The molecule has 2 aromatic rings. The minimum Gasteiger partial charge on any atom is -0.508 e. The second-order valence-corrected chi connectivity index (χ2v) is 3.83. The fourth-order valence-corrected chi connectivity index (χ4v) is 1.60. The summed E-state index contributed by atoms with van der Waals surface area (Å²) in [6, 6.07) is 7.05. The standard InChI is InChI=1S/C13H12N2O2/c1-3-10-5-13(17-15-10)11-6-12(16)8(2)4-9(11)7-14/h4-6,16H,3H2,1-2H3. The monoisotopic (exact) mass is 228 g/mol. The fourth-order valence-electron chi connectivity index (χ4n) is 1.60. The average Bonchev–Trinajstić information content (AvgIpc) is 2.80. The molecule has 0 fully saturated rings. The number of hydrogen-bond acceptors (Lipinski definition) is 4. The van der Waals surface area contributed by atoms with Gasteiger partial charge in [-0.3, -0.25) is 0 Å². The molecule has 0 amide bonds. The van der Waals surface area contributed by atoms with Crippen molar-refractivity contribution < 1.29 is 9.63 Å². The lowest BCUT2D eigenvalue weighted by Crippen LogP contribution is -1.85. The Morgan fingerprint density at radius 1 is 1.41 bits per heavy atom. The van der Waals surface area contributed by atoms with E-state index in [2.05, 4.69) is 11.2 Å². The van der Waals surface area contributed by atoms with Crippen LogP contribution in [0.15, 0.2) is 22.7 Å². The van der Waals surface area contributed by atoms with Gasteiger partial charge < -0.3 is 9.63 Å². The summed E-state index contributed by atoms with van der Waals surface area (Å²) in [7, 11) is 0. The lowest BCUT2D eigenvalue weighted by atomic mass is 10.0. The topological polar surface area (TPSA) is 70.0 Å². The van der Waals surface area contributed by atoms with Crippen molar-refractivity contribution in [2.45, 2.75) is 20.3 Å². The highest BCUT2D eigenvalue weighted by Gasteiger charge is 2.13. The Morgan fingerprint density at radius 3 is 2.76 bits per heavy atom. The maximum atomic E-state index is 9.67. The molecule has 0 saturated carbocycles. The summed E-state index contributed by atoms with van der Waals surface area (Å²) in [5, 5.41) is 22.6. The summed E-state index contributed by atoms with van der Waals surface area (Å²) >= 11 is 0. The molecule has 0 aliphatic heterocycles. The SMILES string of the molecule is CCc1cc(-c2cc(O)c(C)cc2C#N)on1. The predicted molar refractivity (Wildman–Crippen MR) is 62.4 cm³/mol. The zero-order valence-corrected chi connectivity index (χ0v) is 9.69. The third-order valence-electron chi connectivity index (χ3n) is 2.64. The maximum Gasteiger partial charge on any atom is 0.168 e. The summed E-state index contributed by atoms with van der Waals surface area (Å²) in [5.74, 6) is 0.655. The first kappa shape index (κ1) is 11.2. The zero-order valence-electron chi connectivity index (χ0n) is 9.69. The van der Waals surface area contributed by atoms with Gasteiger partial charge in [-0.15, -0.1) is 0 Å². The highest BCUT2D eigenvalue weighted by atomic mass is 16.5. The molecule has 0 saturated heterocycles. The summed E-state index contributed by atoms with van der Waals surface area (Å²) in [6.07, 6.45) is 0.767. The lowest BCUT2D eigenvalue weighted by Gasteiger charge is -2.03. The molecule has 0 aliphatic rings. The molecule has 2 rings (SSSR count). The van der Waals surface area contributed by atoms with Crippen molar-refractivity contribution in [2.75, 3.05) is 0 Å². The van der Waals surface area contributed by atoms with Crippen LogP contribution >= 0.6 is 0 Å². The summed E-state index contributed by atoms with van der Waals surface area (Å²) in [6.45, 7) is 3.72. The fraction of sp³-hybridized carbons (Fsp3) is 0.231. The van der Waals surface area contributed by atoms with Gasteiger partial charge in [0, 0.05) is 11.6 Å². The van der Waals surface area contributed by atoms with Crippen LogP contribution in [0.2, 0.25) is 0 Å².